The molecule has 0 aliphatic heterocycles. The molecule has 0 aromatic heterocycles. The highest BCUT2D eigenvalue weighted by atomic mass is 79.9. The Morgan fingerprint density at radius 3 is 2.55 bits per heavy atom. The lowest BCUT2D eigenvalue weighted by Crippen LogP contribution is -2.22. The first-order valence-corrected chi connectivity index (χ1v) is 11.2. The van der Waals surface area contributed by atoms with Gasteiger partial charge < -0.3 is 19.3 Å². The molecule has 0 amide bonds. The number of aliphatic hydroxyl groups is 1. The highest BCUT2D eigenvalue weighted by Gasteiger charge is 2.12. The van der Waals surface area contributed by atoms with Crippen molar-refractivity contribution >= 4 is 24.0 Å². The second kappa shape index (κ2) is 8.66. The van der Waals surface area contributed by atoms with Crippen LogP contribution in [0, 0.1) is 0 Å². The van der Waals surface area contributed by atoms with Crippen LogP contribution in [0.25, 0.3) is 0 Å². The van der Waals surface area contributed by atoms with Gasteiger partial charge in [-0.1, -0.05) is 19.6 Å². The van der Waals surface area contributed by atoms with E-state index in [1.165, 1.54) is 0 Å². The molecule has 0 aliphatic carbocycles. The van der Waals surface area contributed by atoms with Crippen LogP contribution in [0.5, 0.6) is 11.5 Å². The summed E-state index contributed by atoms with van der Waals surface area (Å²) in [6, 6.07) is 6.60. The van der Waals surface area contributed by atoms with Crippen LogP contribution in [-0.2, 0) is 4.74 Å². The molecule has 1 N–H and O–H groups in total. The van der Waals surface area contributed by atoms with Crippen LogP contribution in [-0.4, -0.2) is 39.8 Å². The van der Waals surface area contributed by atoms with Crippen LogP contribution in [0.2, 0.25) is 25.7 Å². The minimum atomic E-state index is -1.05. The van der Waals surface area contributed by atoms with Gasteiger partial charge in [-0.3, -0.25) is 0 Å². The van der Waals surface area contributed by atoms with Crippen LogP contribution < -0.4 is 9.47 Å². The summed E-state index contributed by atoms with van der Waals surface area (Å²) < 4.78 is 17.2. The molecule has 0 radical (unpaired) electrons. The second-order valence-electron chi connectivity index (χ2n) is 5.65. The van der Waals surface area contributed by atoms with Crippen molar-refractivity contribution < 1.29 is 19.3 Å². The Kier molecular flexibility index (Phi) is 7.58. The Morgan fingerprint density at radius 2 is 1.90 bits per heavy atom. The highest BCUT2D eigenvalue weighted by molar-refractivity contribution is 9.10. The van der Waals surface area contributed by atoms with Gasteiger partial charge in [0.15, 0.2) is 6.79 Å². The number of ether oxygens (including phenoxy) is 3. The maximum atomic E-state index is 8.77. The molecule has 0 heterocycles. The normalized spacial score (nSPS) is 11.4. The van der Waals surface area contributed by atoms with Gasteiger partial charge in [-0.05, 0) is 34.1 Å². The van der Waals surface area contributed by atoms with Crippen molar-refractivity contribution in [2.75, 3.05) is 26.6 Å². The predicted octanol–water partition coefficient (Wildman–Crippen LogP) is 3.51. The lowest BCUT2D eigenvalue weighted by Gasteiger charge is -2.15. The third kappa shape index (κ3) is 7.28. The smallest absolute Gasteiger partial charge is 0.189 e. The summed E-state index contributed by atoms with van der Waals surface area (Å²) in [7, 11) is -1.05. The Bertz CT molecular complexity index is 407. The van der Waals surface area contributed by atoms with Crippen LogP contribution in [0.15, 0.2) is 22.7 Å². The first kappa shape index (κ1) is 17.5. The van der Waals surface area contributed by atoms with Gasteiger partial charge in [-0.2, -0.15) is 0 Å². The molecule has 0 bridgehead atoms. The van der Waals surface area contributed by atoms with E-state index in [1.807, 2.05) is 12.1 Å². The number of halogens is 1. The average Bonchev–Trinajstić information content (AvgIpc) is 2.37. The van der Waals surface area contributed by atoms with Crippen LogP contribution in [0.4, 0.5) is 0 Å². The summed E-state index contributed by atoms with van der Waals surface area (Å²) in [4.78, 5) is 0. The first-order valence-electron chi connectivity index (χ1n) is 6.66. The zero-order chi connectivity index (χ0) is 15.0. The summed E-state index contributed by atoms with van der Waals surface area (Å²) >= 11 is 3.39. The van der Waals surface area contributed by atoms with E-state index in [-0.39, 0.29) is 20.0 Å². The van der Waals surface area contributed by atoms with Gasteiger partial charge in [0.25, 0.3) is 0 Å². The topological polar surface area (TPSA) is 47.9 Å². The number of hydrogen-bond acceptors (Lipinski definition) is 4. The summed E-state index contributed by atoms with van der Waals surface area (Å²) in [6.07, 6.45) is 0. The minimum absolute atomic E-state index is 0.0165. The van der Waals surface area contributed by atoms with E-state index in [0.29, 0.717) is 11.5 Å². The molecule has 20 heavy (non-hydrogen) atoms. The molecule has 0 unspecified atom stereocenters. The quantitative estimate of drug-likeness (QED) is 0.414. The van der Waals surface area contributed by atoms with E-state index in [1.54, 1.807) is 6.07 Å². The SMILES string of the molecule is C[Si](C)(C)CCOCOc1ccc(Br)c(OCCO)c1. The maximum absolute atomic E-state index is 8.77. The highest BCUT2D eigenvalue weighted by Crippen LogP contribution is 2.29. The van der Waals surface area contributed by atoms with E-state index < -0.39 is 8.07 Å². The number of aliphatic hydroxyl groups excluding tert-OH is 1. The van der Waals surface area contributed by atoms with Crippen molar-refractivity contribution in [1.82, 2.24) is 0 Å². The number of hydrogen-bond donors (Lipinski definition) is 1. The third-order valence-electron chi connectivity index (χ3n) is 2.56. The van der Waals surface area contributed by atoms with Crippen LogP contribution in [0.3, 0.4) is 0 Å². The van der Waals surface area contributed by atoms with Gasteiger partial charge in [-0.15, -0.1) is 0 Å². The molecule has 0 aliphatic rings. The third-order valence-corrected chi connectivity index (χ3v) is 4.92. The molecule has 0 atom stereocenters. The zero-order valence-electron chi connectivity index (χ0n) is 12.3. The van der Waals surface area contributed by atoms with Gasteiger partial charge in [0, 0.05) is 20.7 Å². The zero-order valence-corrected chi connectivity index (χ0v) is 14.9. The summed E-state index contributed by atoms with van der Waals surface area (Å²) in [5, 5.41) is 8.77. The molecule has 6 heteroatoms. The molecule has 0 saturated carbocycles. The molecule has 1 rings (SSSR count). The van der Waals surface area contributed by atoms with Crippen molar-refractivity contribution in [2.24, 2.45) is 0 Å². The van der Waals surface area contributed by atoms with E-state index in [4.69, 9.17) is 19.3 Å². The number of benzene rings is 1. The average molecular weight is 363 g/mol. The van der Waals surface area contributed by atoms with E-state index in [0.717, 1.165) is 17.1 Å². The fourth-order valence-corrected chi connectivity index (χ4v) is 2.50. The number of rotatable bonds is 9. The van der Waals surface area contributed by atoms with Gasteiger partial charge in [-0.25, -0.2) is 0 Å². The molecular formula is C14H23BrO4Si. The monoisotopic (exact) mass is 362 g/mol. The lowest BCUT2D eigenvalue weighted by atomic mass is 10.3. The first-order chi connectivity index (χ1) is 9.42. The molecule has 114 valence electrons. The molecule has 0 saturated heterocycles. The van der Waals surface area contributed by atoms with Crippen molar-refractivity contribution in [3.63, 3.8) is 0 Å². The molecular weight excluding hydrogens is 340 g/mol. The van der Waals surface area contributed by atoms with E-state index in [9.17, 15) is 0 Å². The van der Waals surface area contributed by atoms with Gasteiger partial charge >= 0.3 is 0 Å². The Balaban J connectivity index is 2.36. The van der Waals surface area contributed by atoms with Crippen molar-refractivity contribution in [2.45, 2.75) is 25.7 Å². The maximum Gasteiger partial charge on any atom is 0.189 e. The van der Waals surface area contributed by atoms with E-state index in [2.05, 4.69) is 35.6 Å². The Labute approximate surface area is 130 Å². The van der Waals surface area contributed by atoms with Crippen LogP contribution >= 0.6 is 15.9 Å². The van der Waals surface area contributed by atoms with Crippen molar-refractivity contribution in [3.05, 3.63) is 22.7 Å². The largest absolute Gasteiger partial charge is 0.490 e. The van der Waals surface area contributed by atoms with Crippen molar-refractivity contribution in [3.8, 4) is 11.5 Å². The summed E-state index contributed by atoms with van der Waals surface area (Å²) in [6.45, 7) is 8.17. The molecule has 4 nitrogen and oxygen atoms in total. The molecule has 1 aromatic rings. The molecule has 1 aromatic carbocycles. The minimum Gasteiger partial charge on any atom is -0.490 e. The van der Waals surface area contributed by atoms with Gasteiger partial charge in [0.2, 0.25) is 0 Å². The lowest BCUT2D eigenvalue weighted by molar-refractivity contribution is 0.0219. The molecule has 0 fully saturated rings. The fraction of sp³-hybridized carbons (Fsp3) is 0.571. The summed E-state index contributed by atoms with van der Waals surface area (Å²) in [5.74, 6) is 1.34. The van der Waals surface area contributed by atoms with E-state index >= 15 is 0 Å². The molecule has 0 spiro atoms. The Hall–Kier alpha value is -0.563. The fourth-order valence-electron chi connectivity index (χ4n) is 1.39. The van der Waals surface area contributed by atoms with Crippen LogP contribution in [0.1, 0.15) is 0 Å². The van der Waals surface area contributed by atoms with Crippen molar-refractivity contribution in [1.29, 1.82) is 0 Å². The van der Waals surface area contributed by atoms with Gasteiger partial charge in [0.05, 0.1) is 11.1 Å². The predicted molar refractivity (Wildman–Crippen MR) is 86.3 cm³/mol. The standard InChI is InChI=1S/C14H23BrO4Si/c1-20(2,3)9-8-17-11-19-12-4-5-13(15)14(10-12)18-7-6-16/h4-5,10,16H,6-9,11H2,1-3H3. The Morgan fingerprint density at radius 1 is 1.15 bits per heavy atom. The second-order valence-corrected chi connectivity index (χ2v) is 12.1. The van der Waals surface area contributed by atoms with Gasteiger partial charge in [0.1, 0.15) is 18.1 Å². The summed E-state index contributed by atoms with van der Waals surface area (Å²) in [5.41, 5.74) is 0.